The Kier molecular flexibility index (Phi) is 7.91. The van der Waals surface area contributed by atoms with Crippen molar-refractivity contribution in [1.82, 2.24) is 0 Å². The van der Waals surface area contributed by atoms with Gasteiger partial charge in [0.05, 0.1) is 11.1 Å². The number of allylic oxidation sites excluding steroid dienone is 2. The van der Waals surface area contributed by atoms with Gasteiger partial charge in [-0.05, 0) is 86.1 Å². The lowest BCUT2D eigenvalue weighted by Gasteiger charge is -2.26. The Labute approximate surface area is 227 Å². The largest absolute Gasteiger partial charge is 0.422 e. The molecule has 0 aliphatic heterocycles. The molecule has 1 aliphatic rings. The molecule has 0 amide bonds. The number of halogens is 2. The number of carbonyl (C=O) groups is 4. The Morgan fingerprint density at radius 2 is 0.917 bits per heavy atom. The van der Waals surface area contributed by atoms with Crippen molar-refractivity contribution < 1.29 is 28.7 Å². The third-order valence-electron chi connectivity index (χ3n) is 6.07. The smallest absolute Gasteiger partial charge is 0.308 e. The minimum Gasteiger partial charge on any atom is -0.422 e. The summed E-state index contributed by atoms with van der Waals surface area (Å²) in [5, 5.41) is 0. The number of hydrogen-bond donors (Lipinski definition) is 0. The number of hydrogen-bond acceptors (Lipinski definition) is 6. The predicted molar refractivity (Wildman–Crippen MR) is 144 cm³/mol. The molecule has 36 heavy (non-hydrogen) atoms. The second kappa shape index (κ2) is 10.3. The van der Waals surface area contributed by atoms with E-state index >= 15 is 0 Å². The van der Waals surface area contributed by atoms with Crippen LogP contribution in [0.2, 0.25) is 0 Å². The third-order valence-corrected chi connectivity index (χ3v) is 8.51. The number of esters is 2. The quantitative estimate of drug-likeness (QED) is 0.289. The average Bonchev–Trinajstić information content (AvgIpc) is 2.77. The van der Waals surface area contributed by atoms with Gasteiger partial charge in [0.25, 0.3) is 0 Å². The number of rotatable bonds is 4. The zero-order valence-electron chi connectivity index (χ0n) is 21.4. The fourth-order valence-corrected chi connectivity index (χ4v) is 5.31. The molecule has 6 nitrogen and oxygen atoms in total. The van der Waals surface area contributed by atoms with Crippen molar-refractivity contribution in [2.75, 3.05) is 0 Å². The summed E-state index contributed by atoms with van der Waals surface area (Å²) in [7, 11) is 0. The van der Waals surface area contributed by atoms with E-state index in [1.807, 2.05) is 26.0 Å². The number of carbonyl (C=O) groups excluding carboxylic acids is 4. The molecular weight excluding hydrogens is 592 g/mol. The van der Waals surface area contributed by atoms with E-state index in [4.69, 9.17) is 9.47 Å². The van der Waals surface area contributed by atoms with Crippen LogP contribution in [0.3, 0.4) is 0 Å². The molecule has 0 radical (unpaired) electrons. The molecule has 8 heteroatoms. The number of aryl methyl sites for hydroxylation is 4. The molecule has 0 spiro atoms. The minimum absolute atomic E-state index is 0.118. The van der Waals surface area contributed by atoms with Crippen LogP contribution in [0, 0.1) is 41.5 Å². The maximum atomic E-state index is 14.1. The highest BCUT2D eigenvalue weighted by Gasteiger charge is 2.42. The van der Waals surface area contributed by atoms with Gasteiger partial charge in [-0.1, -0.05) is 44.0 Å². The molecule has 0 heterocycles. The van der Waals surface area contributed by atoms with Gasteiger partial charge in [0.15, 0.2) is 11.5 Å². The second-order valence-corrected chi connectivity index (χ2v) is 10.5. The van der Waals surface area contributed by atoms with Crippen LogP contribution in [0.25, 0.3) is 11.1 Å². The van der Waals surface area contributed by atoms with Gasteiger partial charge in [-0.25, -0.2) is 0 Å². The van der Waals surface area contributed by atoms with Crippen LogP contribution in [0.4, 0.5) is 0 Å². The summed E-state index contributed by atoms with van der Waals surface area (Å²) in [5.74, 6) is -3.72. The van der Waals surface area contributed by atoms with Gasteiger partial charge in [0, 0.05) is 22.8 Å². The molecule has 188 valence electrons. The molecule has 0 atom stereocenters. The van der Waals surface area contributed by atoms with Gasteiger partial charge in [0.1, 0.15) is 0 Å². The van der Waals surface area contributed by atoms with Crippen molar-refractivity contribution in [2.45, 2.75) is 55.4 Å². The van der Waals surface area contributed by atoms with E-state index in [0.717, 1.165) is 33.9 Å². The van der Waals surface area contributed by atoms with E-state index in [1.54, 1.807) is 27.7 Å². The van der Waals surface area contributed by atoms with E-state index in [2.05, 4.69) is 31.9 Å². The highest BCUT2D eigenvalue weighted by atomic mass is 79.9. The first kappa shape index (κ1) is 27.7. The number of ether oxygens (including phenoxy) is 2. The molecule has 0 saturated heterocycles. The monoisotopic (exact) mass is 616 g/mol. The number of benzene rings is 2. The lowest BCUT2D eigenvalue weighted by molar-refractivity contribution is -0.141. The van der Waals surface area contributed by atoms with Gasteiger partial charge in [-0.3, -0.25) is 19.2 Å². The van der Waals surface area contributed by atoms with E-state index in [-0.39, 0.29) is 11.1 Å². The lowest BCUT2D eigenvalue weighted by atomic mass is 9.80. The average molecular weight is 618 g/mol. The van der Waals surface area contributed by atoms with Crippen LogP contribution in [0.15, 0.2) is 32.6 Å². The summed E-state index contributed by atoms with van der Waals surface area (Å²) in [6, 6.07) is 3.72. The van der Waals surface area contributed by atoms with E-state index in [1.165, 1.54) is 0 Å². The molecular formula is C28H26Br2O6. The molecule has 0 saturated carbocycles. The Morgan fingerprint density at radius 1 is 0.611 bits per heavy atom. The Hall–Kier alpha value is -2.84. The maximum Gasteiger partial charge on any atom is 0.308 e. The highest BCUT2D eigenvalue weighted by molar-refractivity contribution is 9.10. The number of ketones is 2. The fourth-order valence-electron chi connectivity index (χ4n) is 4.69. The zero-order chi connectivity index (χ0) is 27.2. The molecule has 3 rings (SSSR count). The zero-order valence-corrected chi connectivity index (χ0v) is 24.5. The van der Waals surface area contributed by atoms with Crippen molar-refractivity contribution in [3.63, 3.8) is 0 Å². The van der Waals surface area contributed by atoms with Crippen LogP contribution in [0.5, 0.6) is 0 Å². The van der Waals surface area contributed by atoms with Crippen LogP contribution < -0.4 is 0 Å². The number of Topliss-reactive ketones (excluding diaryl/α,β-unsaturated/α-hetero) is 2. The topological polar surface area (TPSA) is 86.7 Å². The van der Waals surface area contributed by atoms with Crippen LogP contribution in [-0.4, -0.2) is 23.5 Å². The molecule has 0 fully saturated rings. The van der Waals surface area contributed by atoms with Crippen molar-refractivity contribution in [1.29, 1.82) is 0 Å². The van der Waals surface area contributed by atoms with E-state index < -0.39 is 35.0 Å². The van der Waals surface area contributed by atoms with E-state index in [0.29, 0.717) is 33.4 Å². The molecule has 0 N–H and O–H groups in total. The predicted octanol–water partition coefficient (Wildman–Crippen LogP) is 6.46. The first-order valence-electron chi connectivity index (χ1n) is 11.2. The van der Waals surface area contributed by atoms with Crippen LogP contribution >= 0.6 is 31.9 Å². The van der Waals surface area contributed by atoms with Crippen LogP contribution in [0.1, 0.15) is 58.4 Å². The van der Waals surface area contributed by atoms with Gasteiger partial charge in [-0.15, -0.1) is 0 Å². The Morgan fingerprint density at radius 3 is 1.19 bits per heavy atom. The molecule has 0 bridgehead atoms. The summed E-state index contributed by atoms with van der Waals surface area (Å²) in [6.07, 6.45) is 0. The standard InChI is InChI=1S/C28H26Br2O6/c1-11-9-13(3)23(29)15(5)19(11)21-25(33)28(36-18(8)32)22(26(34)27(21)35-17(7)31)20-12(2)10-14(4)24(30)16(20)6/h9-10H,1-8H3. The summed E-state index contributed by atoms with van der Waals surface area (Å²) in [6.45, 7) is 13.3. The minimum atomic E-state index is -0.751. The third kappa shape index (κ3) is 4.76. The van der Waals surface area contributed by atoms with Gasteiger partial charge >= 0.3 is 11.9 Å². The molecule has 0 unspecified atom stereocenters. The molecule has 2 aromatic carbocycles. The molecule has 2 aromatic rings. The second-order valence-electron chi connectivity index (χ2n) is 8.90. The van der Waals surface area contributed by atoms with E-state index in [9.17, 15) is 19.2 Å². The molecule has 1 aliphatic carbocycles. The summed E-state index contributed by atoms with van der Waals surface area (Å²) >= 11 is 7.09. The summed E-state index contributed by atoms with van der Waals surface area (Å²) in [4.78, 5) is 52.4. The summed E-state index contributed by atoms with van der Waals surface area (Å²) in [5.41, 5.74) is 5.27. The first-order chi connectivity index (χ1) is 16.7. The van der Waals surface area contributed by atoms with Crippen molar-refractivity contribution in [3.05, 3.63) is 77.1 Å². The van der Waals surface area contributed by atoms with Crippen molar-refractivity contribution in [2.24, 2.45) is 0 Å². The fraction of sp³-hybridized carbons (Fsp3) is 0.286. The Balaban J connectivity index is 2.49. The van der Waals surface area contributed by atoms with Gasteiger partial charge < -0.3 is 9.47 Å². The van der Waals surface area contributed by atoms with Gasteiger partial charge in [-0.2, -0.15) is 0 Å². The first-order valence-corrected chi connectivity index (χ1v) is 12.8. The van der Waals surface area contributed by atoms with Gasteiger partial charge in [0.2, 0.25) is 11.6 Å². The van der Waals surface area contributed by atoms with Crippen molar-refractivity contribution >= 4 is 66.5 Å². The maximum absolute atomic E-state index is 14.1. The van der Waals surface area contributed by atoms with Crippen LogP contribution in [-0.2, 0) is 28.7 Å². The lowest BCUT2D eigenvalue weighted by Crippen LogP contribution is -2.28. The highest BCUT2D eigenvalue weighted by Crippen LogP contribution is 2.43. The summed E-state index contributed by atoms with van der Waals surface area (Å²) < 4.78 is 12.3. The SMILES string of the molecule is CC(=O)OC1=C(c2c(C)cc(C)c(Br)c2C)C(=O)C(OC(C)=O)=C(c2c(C)cc(C)c(Br)c2C)C1=O. The molecule has 0 aromatic heterocycles. The Bertz CT molecular complexity index is 1330. The normalized spacial score (nSPS) is 13.9. The van der Waals surface area contributed by atoms with Crippen molar-refractivity contribution in [3.8, 4) is 0 Å².